The third-order valence-corrected chi connectivity index (χ3v) is 5.08. The number of furan rings is 1. The van der Waals surface area contributed by atoms with E-state index in [9.17, 15) is 4.79 Å². The number of likely N-dealkylation sites (tertiary alicyclic amines) is 1. The Bertz CT molecular complexity index is 886. The van der Waals surface area contributed by atoms with Gasteiger partial charge in [0, 0.05) is 18.0 Å². The van der Waals surface area contributed by atoms with Crippen LogP contribution < -0.4 is 0 Å². The molecule has 128 valence electrons. The molecule has 2 aromatic heterocycles. The molecule has 1 aliphatic rings. The maximum atomic E-state index is 13.4. The Balaban J connectivity index is 1.83. The molecule has 1 atom stereocenters. The molecule has 0 saturated carbocycles. The Kier molecular flexibility index (Phi) is 4.26. The first kappa shape index (κ1) is 15.9. The maximum Gasteiger partial charge on any atom is 0.254 e. The van der Waals surface area contributed by atoms with Gasteiger partial charge in [-0.15, -0.1) is 0 Å². The summed E-state index contributed by atoms with van der Waals surface area (Å²) < 4.78 is 5.50. The van der Waals surface area contributed by atoms with E-state index >= 15 is 0 Å². The van der Waals surface area contributed by atoms with Crippen LogP contribution in [0.1, 0.15) is 43.0 Å². The molecular weight excluding hydrogens is 312 g/mol. The Hall–Kier alpha value is -2.62. The van der Waals surface area contributed by atoms with E-state index in [4.69, 9.17) is 4.42 Å². The van der Waals surface area contributed by atoms with Gasteiger partial charge in [0.05, 0.1) is 17.3 Å². The van der Waals surface area contributed by atoms with Crippen LogP contribution in [0.5, 0.6) is 0 Å². The van der Waals surface area contributed by atoms with Gasteiger partial charge < -0.3 is 9.32 Å². The second-order valence-electron chi connectivity index (χ2n) is 6.61. The van der Waals surface area contributed by atoms with Crippen molar-refractivity contribution in [3.8, 4) is 11.5 Å². The molecule has 0 bridgehead atoms. The number of rotatable bonds is 3. The standard InChI is InChI=1S/C21H22N2O2/c1-2-15-8-5-6-12-23(15)21(24)17-14-19(20-11-7-13-25-20)22-18-10-4-3-9-16(17)18/h3-4,7,9-11,13-15H,2,5-6,8,12H2,1H3/t15-/m1/s1. The fourth-order valence-electron chi connectivity index (χ4n) is 3.75. The Labute approximate surface area is 147 Å². The Morgan fingerprint density at radius 1 is 1.24 bits per heavy atom. The lowest BCUT2D eigenvalue weighted by atomic mass is 9.97. The maximum absolute atomic E-state index is 13.4. The molecule has 4 heteroatoms. The second kappa shape index (κ2) is 6.71. The molecule has 3 aromatic rings. The van der Waals surface area contributed by atoms with Crippen molar-refractivity contribution in [1.29, 1.82) is 0 Å². The molecule has 0 N–H and O–H groups in total. The fourth-order valence-corrected chi connectivity index (χ4v) is 3.75. The Morgan fingerprint density at radius 3 is 2.92 bits per heavy atom. The second-order valence-corrected chi connectivity index (χ2v) is 6.61. The summed E-state index contributed by atoms with van der Waals surface area (Å²) in [6, 6.07) is 13.8. The van der Waals surface area contributed by atoms with Gasteiger partial charge in [-0.3, -0.25) is 4.79 Å². The van der Waals surface area contributed by atoms with Gasteiger partial charge >= 0.3 is 0 Å². The lowest BCUT2D eigenvalue weighted by Gasteiger charge is -2.35. The minimum absolute atomic E-state index is 0.109. The van der Waals surface area contributed by atoms with Crippen molar-refractivity contribution in [2.75, 3.05) is 6.54 Å². The summed E-state index contributed by atoms with van der Waals surface area (Å²) in [4.78, 5) is 20.1. The molecule has 0 unspecified atom stereocenters. The largest absolute Gasteiger partial charge is 0.463 e. The Morgan fingerprint density at radius 2 is 2.12 bits per heavy atom. The third-order valence-electron chi connectivity index (χ3n) is 5.08. The smallest absolute Gasteiger partial charge is 0.254 e. The van der Waals surface area contributed by atoms with Gasteiger partial charge in [0.15, 0.2) is 5.76 Å². The zero-order chi connectivity index (χ0) is 17.2. The number of fused-ring (bicyclic) bond motifs is 1. The number of aromatic nitrogens is 1. The summed E-state index contributed by atoms with van der Waals surface area (Å²) >= 11 is 0. The van der Waals surface area contributed by atoms with Gasteiger partial charge in [0.25, 0.3) is 5.91 Å². The summed E-state index contributed by atoms with van der Waals surface area (Å²) in [6.07, 6.45) is 6.01. The highest BCUT2D eigenvalue weighted by molar-refractivity contribution is 6.07. The fraction of sp³-hybridized carbons (Fsp3) is 0.333. The zero-order valence-corrected chi connectivity index (χ0v) is 14.4. The SMILES string of the molecule is CC[C@@H]1CCCCN1C(=O)c1cc(-c2ccco2)nc2ccccc12. The number of pyridine rings is 1. The molecular formula is C21H22N2O2. The first-order valence-corrected chi connectivity index (χ1v) is 9.02. The molecule has 1 fully saturated rings. The van der Waals surface area contributed by atoms with Gasteiger partial charge in [-0.25, -0.2) is 4.98 Å². The van der Waals surface area contributed by atoms with E-state index < -0.39 is 0 Å². The van der Waals surface area contributed by atoms with E-state index in [0.29, 0.717) is 17.5 Å². The first-order valence-electron chi connectivity index (χ1n) is 9.02. The predicted molar refractivity (Wildman–Crippen MR) is 98.4 cm³/mol. The van der Waals surface area contributed by atoms with Gasteiger partial charge in [0.1, 0.15) is 5.69 Å². The highest BCUT2D eigenvalue weighted by Crippen LogP contribution is 2.28. The van der Waals surface area contributed by atoms with Crippen LogP contribution in [0, 0.1) is 0 Å². The number of hydrogen-bond donors (Lipinski definition) is 0. The summed E-state index contributed by atoms with van der Waals surface area (Å²) in [7, 11) is 0. The molecule has 3 heterocycles. The number of carbonyl (C=O) groups is 1. The molecule has 1 aliphatic heterocycles. The number of nitrogens with zero attached hydrogens (tertiary/aromatic N) is 2. The highest BCUT2D eigenvalue weighted by Gasteiger charge is 2.27. The predicted octanol–water partition coefficient (Wildman–Crippen LogP) is 4.90. The van der Waals surface area contributed by atoms with Gasteiger partial charge in [-0.2, -0.15) is 0 Å². The summed E-state index contributed by atoms with van der Waals surface area (Å²) in [5, 5.41) is 0.906. The highest BCUT2D eigenvalue weighted by atomic mass is 16.3. The minimum Gasteiger partial charge on any atom is -0.463 e. The number of para-hydroxylation sites is 1. The topological polar surface area (TPSA) is 46.3 Å². The number of piperidine rings is 1. The van der Waals surface area contributed by atoms with Crippen LogP contribution in [0.2, 0.25) is 0 Å². The average molecular weight is 334 g/mol. The number of hydrogen-bond acceptors (Lipinski definition) is 3. The lowest BCUT2D eigenvalue weighted by Crippen LogP contribution is -2.43. The van der Waals surface area contributed by atoms with Crippen molar-refractivity contribution in [2.24, 2.45) is 0 Å². The molecule has 25 heavy (non-hydrogen) atoms. The third kappa shape index (κ3) is 2.93. The van der Waals surface area contributed by atoms with E-state index in [1.807, 2.05) is 42.5 Å². The normalized spacial score (nSPS) is 17.8. The zero-order valence-electron chi connectivity index (χ0n) is 14.4. The van der Waals surface area contributed by atoms with Crippen LogP contribution in [0.15, 0.2) is 53.1 Å². The van der Waals surface area contributed by atoms with Crippen molar-refractivity contribution in [1.82, 2.24) is 9.88 Å². The van der Waals surface area contributed by atoms with Crippen LogP contribution in [0.4, 0.5) is 0 Å². The van der Waals surface area contributed by atoms with E-state index in [1.54, 1.807) is 6.26 Å². The average Bonchev–Trinajstić information content (AvgIpc) is 3.21. The quantitative estimate of drug-likeness (QED) is 0.684. The van der Waals surface area contributed by atoms with Crippen LogP contribution in [0.3, 0.4) is 0 Å². The number of carbonyl (C=O) groups excluding carboxylic acids is 1. The van der Waals surface area contributed by atoms with Gasteiger partial charge in [-0.05, 0) is 49.9 Å². The molecule has 4 nitrogen and oxygen atoms in total. The number of amides is 1. The van der Waals surface area contributed by atoms with E-state index in [1.165, 1.54) is 6.42 Å². The van der Waals surface area contributed by atoms with Gasteiger partial charge in [-0.1, -0.05) is 25.1 Å². The van der Waals surface area contributed by atoms with Crippen LogP contribution in [-0.4, -0.2) is 28.4 Å². The van der Waals surface area contributed by atoms with Crippen LogP contribution in [0.25, 0.3) is 22.4 Å². The van der Waals surface area contributed by atoms with Crippen molar-refractivity contribution in [2.45, 2.75) is 38.6 Å². The van der Waals surface area contributed by atoms with Crippen LogP contribution >= 0.6 is 0 Å². The van der Waals surface area contributed by atoms with Crippen molar-refractivity contribution in [3.05, 3.63) is 54.3 Å². The molecule has 1 aromatic carbocycles. The van der Waals surface area contributed by atoms with E-state index in [0.717, 1.165) is 42.3 Å². The summed E-state index contributed by atoms with van der Waals surface area (Å²) in [5.41, 5.74) is 2.25. The molecule has 0 aliphatic carbocycles. The van der Waals surface area contributed by atoms with E-state index in [2.05, 4.69) is 16.8 Å². The van der Waals surface area contributed by atoms with Crippen molar-refractivity contribution >= 4 is 16.8 Å². The van der Waals surface area contributed by atoms with Crippen molar-refractivity contribution in [3.63, 3.8) is 0 Å². The minimum atomic E-state index is 0.109. The lowest BCUT2D eigenvalue weighted by molar-refractivity contribution is 0.0610. The molecule has 4 rings (SSSR count). The first-order chi connectivity index (χ1) is 12.3. The summed E-state index contributed by atoms with van der Waals surface area (Å²) in [5.74, 6) is 0.795. The molecule has 1 saturated heterocycles. The molecule has 1 amide bonds. The molecule has 0 spiro atoms. The van der Waals surface area contributed by atoms with Crippen molar-refractivity contribution < 1.29 is 9.21 Å². The van der Waals surface area contributed by atoms with Gasteiger partial charge in [0.2, 0.25) is 0 Å². The summed E-state index contributed by atoms with van der Waals surface area (Å²) in [6.45, 7) is 3.00. The molecule has 0 radical (unpaired) electrons. The monoisotopic (exact) mass is 334 g/mol. The number of benzene rings is 1. The van der Waals surface area contributed by atoms with Crippen LogP contribution in [-0.2, 0) is 0 Å². The van der Waals surface area contributed by atoms with E-state index in [-0.39, 0.29) is 5.91 Å².